The average molecular weight is 408 g/mol. The van der Waals surface area contributed by atoms with Crippen LogP contribution >= 0.6 is 11.3 Å². The van der Waals surface area contributed by atoms with E-state index in [0.717, 1.165) is 38.5 Å². The van der Waals surface area contributed by atoms with Gasteiger partial charge in [-0.05, 0) is 46.7 Å². The lowest BCUT2D eigenvalue weighted by atomic mass is 10.2. The molecule has 0 spiro atoms. The van der Waals surface area contributed by atoms with Gasteiger partial charge in [-0.1, -0.05) is 30.3 Å². The normalized spacial score (nSPS) is 15.2. The van der Waals surface area contributed by atoms with Crippen molar-refractivity contribution in [1.29, 1.82) is 0 Å². The summed E-state index contributed by atoms with van der Waals surface area (Å²) in [5.74, 6) is 1.38. The number of hydrogen-bond donors (Lipinski definition) is 1. The van der Waals surface area contributed by atoms with Crippen LogP contribution in [0.15, 0.2) is 71.4 Å². The number of carbonyl (C=O) groups excluding carboxylic acids is 1. The molecule has 0 aliphatic carbocycles. The van der Waals surface area contributed by atoms with Crippen molar-refractivity contribution in [2.45, 2.75) is 6.54 Å². The first kappa shape index (κ1) is 19.6. The topological polar surface area (TPSA) is 44.8 Å². The van der Waals surface area contributed by atoms with Crippen molar-refractivity contribution in [1.82, 2.24) is 9.80 Å². The fourth-order valence-electron chi connectivity index (χ4n) is 3.41. The zero-order valence-electron chi connectivity index (χ0n) is 16.3. The van der Waals surface area contributed by atoms with Crippen LogP contribution in [0.4, 0.5) is 5.69 Å². The molecule has 29 heavy (non-hydrogen) atoms. The zero-order valence-corrected chi connectivity index (χ0v) is 17.1. The van der Waals surface area contributed by atoms with E-state index in [-0.39, 0.29) is 5.91 Å². The summed E-state index contributed by atoms with van der Waals surface area (Å²) >= 11 is 1.74. The largest absolute Gasteiger partial charge is 0.455 e. The first-order valence-corrected chi connectivity index (χ1v) is 10.8. The van der Waals surface area contributed by atoms with Crippen molar-refractivity contribution in [3.8, 4) is 11.5 Å². The molecule has 0 saturated carbocycles. The number of para-hydroxylation sites is 3. The minimum Gasteiger partial charge on any atom is -0.455 e. The number of anilines is 1. The molecule has 1 saturated heterocycles. The molecular weight excluding hydrogens is 382 g/mol. The van der Waals surface area contributed by atoms with Crippen LogP contribution in [-0.2, 0) is 11.3 Å². The summed E-state index contributed by atoms with van der Waals surface area (Å²) in [7, 11) is 0. The lowest BCUT2D eigenvalue weighted by Crippen LogP contribution is -2.48. The number of benzene rings is 2. The maximum atomic E-state index is 12.6. The molecule has 1 aliphatic heterocycles. The van der Waals surface area contributed by atoms with Crippen molar-refractivity contribution in [3.05, 3.63) is 77.0 Å². The van der Waals surface area contributed by atoms with E-state index in [1.54, 1.807) is 11.3 Å². The van der Waals surface area contributed by atoms with Gasteiger partial charge in [-0.3, -0.25) is 14.6 Å². The van der Waals surface area contributed by atoms with Gasteiger partial charge >= 0.3 is 0 Å². The molecule has 150 valence electrons. The van der Waals surface area contributed by atoms with Crippen LogP contribution in [0.1, 0.15) is 5.56 Å². The van der Waals surface area contributed by atoms with E-state index in [4.69, 9.17) is 4.74 Å². The Labute approximate surface area is 175 Å². The highest BCUT2D eigenvalue weighted by Crippen LogP contribution is 2.29. The fraction of sp³-hybridized carbons (Fsp3) is 0.261. The van der Waals surface area contributed by atoms with Gasteiger partial charge in [-0.15, -0.1) is 0 Å². The van der Waals surface area contributed by atoms with E-state index >= 15 is 0 Å². The highest BCUT2D eigenvalue weighted by Gasteiger charge is 2.19. The second-order valence-electron chi connectivity index (χ2n) is 7.14. The Morgan fingerprint density at radius 2 is 1.66 bits per heavy atom. The number of thiophene rings is 1. The summed E-state index contributed by atoms with van der Waals surface area (Å²) < 4.78 is 5.93. The number of nitrogens with zero attached hydrogens (tertiary/aromatic N) is 2. The van der Waals surface area contributed by atoms with Crippen LogP contribution in [0.5, 0.6) is 11.5 Å². The molecule has 0 atom stereocenters. The Kier molecular flexibility index (Phi) is 6.56. The van der Waals surface area contributed by atoms with Crippen LogP contribution in [-0.4, -0.2) is 48.4 Å². The minimum atomic E-state index is -0.0135. The Hall–Kier alpha value is -2.67. The number of piperazine rings is 1. The lowest BCUT2D eigenvalue weighted by molar-refractivity contribution is -0.117. The molecule has 0 bridgehead atoms. The van der Waals surface area contributed by atoms with E-state index in [1.807, 2.05) is 54.6 Å². The summed E-state index contributed by atoms with van der Waals surface area (Å²) in [5, 5.41) is 7.33. The number of hydrogen-bond acceptors (Lipinski definition) is 5. The molecule has 1 aromatic heterocycles. The summed E-state index contributed by atoms with van der Waals surface area (Å²) in [5.41, 5.74) is 2.06. The molecule has 0 unspecified atom stereocenters. The molecule has 1 fully saturated rings. The Balaban J connectivity index is 1.28. The monoisotopic (exact) mass is 407 g/mol. The molecule has 4 rings (SSSR count). The summed E-state index contributed by atoms with van der Waals surface area (Å²) in [6.45, 7) is 5.16. The lowest BCUT2D eigenvalue weighted by Gasteiger charge is -2.34. The van der Waals surface area contributed by atoms with Crippen LogP contribution in [0.3, 0.4) is 0 Å². The number of ether oxygens (including phenoxy) is 1. The standard InChI is InChI=1S/C23H25N3O2S/c27-23(17-26-13-11-25(12-14-26)16-19-10-15-29-18-19)24-21-8-4-5-9-22(21)28-20-6-2-1-3-7-20/h1-10,15,18H,11-14,16-17H2,(H,24,27). The van der Waals surface area contributed by atoms with E-state index in [1.165, 1.54) is 5.56 Å². The third-order valence-electron chi connectivity index (χ3n) is 4.95. The van der Waals surface area contributed by atoms with Gasteiger partial charge in [0.25, 0.3) is 0 Å². The third-order valence-corrected chi connectivity index (χ3v) is 5.68. The molecule has 1 N–H and O–H groups in total. The summed E-state index contributed by atoms with van der Waals surface area (Å²) in [4.78, 5) is 17.3. The van der Waals surface area contributed by atoms with Crippen molar-refractivity contribution < 1.29 is 9.53 Å². The third kappa shape index (κ3) is 5.67. The number of nitrogens with one attached hydrogen (secondary N) is 1. The van der Waals surface area contributed by atoms with Crippen molar-refractivity contribution in [3.63, 3.8) is 0 Å². The summed E-state index contributed by atoms with van der Waals surface area (Å²) in [6, 6.07) is 19.3. The van der Waals surface area contributed by atoms with Crippen molar-refractivity contribution in [2.75, 3.05) is 38.0 Å². The number of rotatable bonds is 7. The smallest absolute Gasteiger partial charge is 0.238 e. The van der Waals surface area contributed by atoms with Crippen molar-refractivity contribution >= 4 is 22.9 Å². The van der Waals surface area contributed by atoms with E-state index in [9.17, 15) is 4.79 Å². The molecule has 5 nitrogen and oxygen atoms in total. The van der Waals surface area contributed by atoms with Gasteiger partial charge in [0, 0.05) is 32.7 Å². The van der Waals surface area contributed by atoms with Gasteiger partial charge in [0.1, 0.15) is 5.75 Å². The molecule has 0 radical (unpaired) electrons. The van der Waals surface area contributed by atoms with Gasteiger partial charge in [-0.25, -0.2) is 0 Å². The Morgan fingerprint density at radius 1 is 0.931 bits per heavy atom. The van der Waals surface area contributed by atoms with Crippen LogP contribution in [0.25, 0.3) is 0 Å². The Bertz CT molecular complexity index is 907. The van der Waals surface area contributed by atoms with Crippen molar-refractivity contribution in [2.24, 2.45) is 0 Å². The molecule has 3 aromatic rings. The molecule has 1 amide bonds. The second-order valence-corrected chi connectivity index (χ2v) is 7.92. The molecular formula is C23H25N3O2S. The average Bonchev–Trinajstić information content (AvgIpc) is 3.25. The van der Waals surface area contributed by atoms with Crippen LogP contribution < -0.4 is 10.1 Å². The van der Waals surface area contributed by atoms with E-state index in [2.05, 4.69) is 31.9 Å². The van der Waals surface area contributed by atoms with E-state index < -0.39 is 0 Å². The fourth-order valence-corrected chi connectivity index (χ4v) is 4.07. The molecule has 2 aromatic carbocycles. The maximum absolute atomic E-state index is 12.6. The van der Waals surface area contributed by atoms with Gasteiger partial charge in [0.2, 0.25) is 5.91 Å². The van der Waals surface area contributed by atoms with E-state index in [0.29, 0.717) is 18.0 Å². The predicted molar refractivity (Wildman–Crippen MR) is 118 cm³/mol. The summed E-state index contributed by atoms with van der Waals surface area (Å²) in [6.07, 6.45) is 0. The van der Waals surface area contributed by atoms with Crippen LogP contribution in [0.2, 0.25) is 0 Å². The Morgan fingerprint density at radius 3 is 2.41 bits per heavy atom. The first-order chi connectivity index (χ1) is 14.3. The first-order valence-electron chi connectivity index (χ1n) is 9.84. The zero-order chi connectivity index (χ0) is 19.9. The quantitative estimate of drug-likeness (QED) is 0.634. The van der Waals surface area contributed by atoms with Gasteiger partial charge < -0.3 is 10.1 Å². The molecule has 6 heteroatoms. The predicted octanol–water partition coefficient (Wildman–Crippen LogP) is 4.30. The van der Waals surface area contributed by atoms with Gasteiger partial charge in [-0.2, -0.15) is 11.3 Å². The van der Waals surface area contributed by atoms with Gasteiger partial charge in [0.15, 0.2) is 5.75 Å². The van der Waals surface area contributed by atoms with Crippen LogP contribution in [0, 0.1) is 0 Å². The van der Waals surface area contributed by atoms with Gasteiger partial charge in [0.05, 0.1) is 12.2 Å². The maximum Gasteiger partial charge on any atom is 0.238 e. The molecule has 1 aliphatic rings. The highest BCUT2D eigenvalue weighted by molar-refractivity contribution is 7.07. The number of carbonyl (C=O) groups is 1. The molecule has 2 heterocycles. The second kappa shape index (κ2) is 9.69. The minimum absolute atomic E-state index is 0.0135. The highest BCUT2D eigenvalue weighted by atomic mass is 32.1. The SMILES string of the molecule is O=C(CN1CCN(Cc2ccsc2)CC1)Nc1ccccc1Oc1ccccc1. The number of amides is 1.